The van der Waals surface area contributed by atoms with Gasteiger partial charge in [-0.15, -0.1) is 0 Å². The van der Waals surface area contributed by atoms with Crippen molar-refractivity contribution in [2.75, 3.05) is 31.1 Å². The van der Waals surface area contributed by atoms with Crippen LogP contribution in [0.25, 0.3) is 5.69 Å². The Kier molecular flexibility index (Phi) is 4.91. The lowest BCUT2D eigenvalue weighted by Gasteiger charge is -2.35. The third-order valence-corrected chi connectivity index (χ3v) is 4.98. The summed E-state index contributed by atoms with van der Waals surface area (Å²) in [6.45, 7) is 5.80. The number of anilines is 1. The summed E-state index contributed by atoms with van der Waals surface area (Å²) in [5.74, 6) is 1.62. The molecular formula is C18H20ClN7O. The van der Waals surface area contributed by atoms with Crippen molar-refractivity contribution in [3.05, 3.63) is 63.6 Å². The fraction of sp³-hybridized carbons (Fsp3) is 0.333. The molecule has 1 N–H and O–H groups in total. The number of aromatic amines is 1. The average Bonchev–Trinajstić information content (AvgIpc) is 3.10. The first-order valence-electron chi connectivity index (χ1n) is 8.80. The van der Waals surface area contributed by atoms with Gasteiger partial charge in [0.1, 0.15) is 10.8 Å². The molecule has 0 bridgehead atoms. The van der Waals surface area contributed by atoms with Gasteiger partial charge in [0, 0.05) is 26.2 Å². The topological polar surface area (TPSA) is 82.9 Å². The lowest BCUT2D eigenvalue weighted by atomic mass is 10.2. The van der Waals surface area contributed by atoms with Gasteiger partial charge in [-0.25, -0.2) is 4.98 Å². The van der Waals surface area contributed by atoms with Crippen molar-refractivity contribution in [1.82, 2.24) is 29.9 Å². The standard InChI is InChI=1S/C18H20ClN7O/c1-13-21-16(23-22-13)12-24-7-9-25(10-8-24)15-11-20-26(18(27)17(15)19)14-5-3-2-4-6-14/h2-6,11H,7-10,12H2,1H3,(H,21,22,23). The van der Waals surface area contributed by atoms with Crippen LogP contribution in [-0.2, 0) is 6.54 Å². The summed E-state index contributed by atoms with van der Waals surface area (Å²) in [5, 5.41) is 11.6. The van der Waals surface area contributed by atoms with Gasteiger partial charge in [0.25, 0.3) is 5.56 Å². The molecule has 2 aromatic heterocycles. The van der Waals surface area contributed by atoms with Crippen molar-refractivity contribution in [2.45, 2.75) is 13.5 Å². The summed E-state index contributed by atoms with van der Waals surface area (Å²) in [4.78, 5) is 21.4. The van der Waals surface area contributed by atoms with Crippen molar-refractivity contribution in [1.29, 1.82) is 0 Å². The number of aromatic nitrogens is 5. The van der Waals surface area contributed by atoms with Gasteiger partial charge >= 0.3 is 0 Å². The lowest BCUT2D eigenvalue weighted by Crippen LogP contribution is -2.46. The monoisotopic (exact) mass is 385 g/mol. The summed E-state index contributed by atoms with van der Waals surface area (Å²) in [6, 6.07) is 9.27. The second-order valence-electron chi connectivity index (χ2n) is 6.50. The number of aryl methyl sites for hydroxylation is 1. The summed E-state index contributed by atoms with van der Waals surface area (Å²) in [6.07, 6.45) is 1.67. The molecule has 9 heteroatoms. The molecule has 0 aliphatic carbocycles. The van der Waals surface area contributed by atoms with Crippen LogP contribution in [0.15, 0.2) is 41.3 Å². The van der Waals surface area contributed by atoms with E-state index in [4.69, 9.17) is 11.6 Å². The predicted octanol–water partition coefficient (Wildman–Crippen LogP) is 1.63. The molecule has 0 spiro atoms. The van der Waals surface area contributed by atoms with E-state index in [1.165, 1.54) is 4.68 Å². The van der Waals surface area contributed by atoms with Crippen LogP contribution in [0, 0.1) is 6.92 Å². The Morgan fingerprint density at radius 3 is 2.56 bits per heavy atom. The maximum atomic E-state index is 12.7. The highest BCUT2D eigenvalue weighted by Crippen LogP contribution is 2.23. The number of para-hydroxylation sites is 1. The van der Waals surface area contributed by atoms with Crippen LogP contribution in [0.3, 0.4) is 0 Å². The quantitative estimate of drug-likeness (QED) is 0.735. The SMILES string of the molecule is Cc1nc(CN2CCN(c3cnn(-c4ccccc4)c(=O)c3Cl)CC2)n[nH]1. The number of rotatable bonds is 4. The summed E-state index contributed by atoms with van der Waals surface area (Å²) in [7, 11) is 0. The molecule has 0 saturated carbocycles. The zero-order valence-corrected chi connectivity index (χ0v) is 15.7. The van der Waals surface area contributed by atoms with Crippen molar-refractivity contribution >= 4 is 17.3 Å². The Morgan fingerprint density at radius 2 is 1.89 bits per heavy atom. The number of piperazine rings is 1. The Balaban J connectivity index is 1.47. The van der Waals surface area contributed by atoms with E-state index in [2.05, 4.69) is 30.1 Å². The highest BCUT2D eigenvalue weighted by atomic mass is 35.5. The van der Waals surface area contributed by atoms with Crippen LogP contribution in [0.2, 0.25) is 5.02 Å². The summed E-state index contributed by atoms with van der Waals surface area (Å²) in [5.41, 5.74) is 1.07. The fourth-order valence-electron chi connectivity index (χ4n) is 3.20. The zero-order chi connectivity index (χ0) is 18.8. The van der Waals surface area contributed by atoms with E-state index in [0.29, 0.717) is 17.9 Å². The highest BCUT2D eigenvalue weighted by molar-refractivity contribution is 6.33. The van der Waals surface area contributed by atoms with E-state index in [1.807, 2.05) is 37.3 Å². The van der Waals surface area contributed by atoms with Gasteiger partial charge in [-0.2, -0.15) is 14.9 Å². The molecule has 140 valence electrons. The Bertz CT molecular complexity index is 977. The van der Waals surface area contributed by atoms with E-state index in [-0.39, 0.29) is 10.6 Å². The molecule has 0 unspecified atom stereocenters. The summed E-state index contributed by atoms with van der Waals surface area (Å²) < 4.78 is 1.33. The highest BCUT2D eigenvalue weighted by Gasteiger charge is 2.22. The number of nitrogens with one attached hydrogen (secondary N) is 1. The smallest absolute Gasteiger partial charge is 0.292 e. The van der Waals surface area contributed by atoms with Gasteiger partial charge in [-0.05, 0) is 19.1 Å². The van der Waals surface area contributed by atoms with Crippen LogP contribution in [0.1, 0.15) is 11.6 Å². The van der Waals surface area contributed by atoms with E-state index in [0.717, 1.165) is 37.8 Å². The van der Waals surface area contributed by atoms with Gasteiger partial charge in [0.05, 0.1) is 24.1 Å². The molecule has 1 fully saturated rings. The number of halogens is 1. The van der Waals surface area contributed by atoms with Crippen LogP contribution >= 0.6 is 11.6 Å². The molecular weight excluding hydrogens is 366 g/mol. The lowest BCUT2D eigenvalue weighted by molar-refractivity contribution is 0.244. The number of hydrogen-bond acceptors (Lipinski definition) is 6. The van der Waals surface area contributed by atoms with Crippen molar-refractivity contribution in [3.63, 3.8) is 0 Å². The average molecular weight is 386 g/mol. The molecule has 1 saturated heterocycles. The molecule has 1 aliphatic rings. The first-order valence-corrected chi connectivity index (χ1v) is 9.18. The van der Waals surface area contributed by atoms with Gasteiger partial charge in [-0.3, -0.25) is 14.8 Å². The van der Waals surface area contributed by atoms with Gasteiger partial charge in [0.15, 0.2) is 5.82 Å². The molecule has 8 nitrogen and oxygen atoms in total. The van der Waals surface area contributed by atoms with E-state index >= 15 is 0 Å². The fourth-order valence-corrected chi connectivity index (χ4v) is 3.45. The van der Waals surface area contributed by atoms with Gasteiger partial charge < -0.3 is 4.90 Å². The number of hydrogen-bond donors (Lipinski definition) is 1. The van der Waals surface area contributed by atoms with E-state index in [1.54, 1.807) is 6.20 Å². The van der Waals surface area contributed by atoms with Crippen LogP contribution < -0.4 is 10.5 Å². The minimum Gasteiger partial charge on any atom is -0.366 e. The first-order chi connectivity index (χ1) is 13.1. The molecule has 3 heterocycles. The predicted molar refractivity (Wildman–Crippen MR) is 103 cm³/mol. The van der Waals surface area contributed by atoms with Gasteiger partial charge in [0.2, 0.25) is 0 Å². The second-order valence-corrected chi connectivity index (χ2v) is 6.87. The largest absolute Gasteiger partial charge is 0.366 e. The molecule has 1 aromatic carbocycles. The maximum absolute atomic E-state index is 12.7. The van der Waals surface area contributed by atoms with E-state index < -0.39 is 0 Å². The Labute approximate surface area is 161 Å². The van der Waals surface area contributed by atoms with E-state index in [9.17, 15) is 4.79 Å². The number of H-pyrrole nitrogens is 1. The van der Waals surface area contributed by atoms with Crippen molar-refractivity contribution in [3.8, 4) is 5.69 Å². The molecule has 3 aromatic rings. The van der Waals surface area contributed by atoms with Crippen LogP contribution in [-0.4, -0.2) is 56.0 Å². The molecule has 0 amide bonds. The second kappa shape index (κ2) is 7.50. The molecule has 1 aliphatic heterocycles. The first kappa shape index (κ1) is 17.7. The van der Waals surface area contributed by atoms with Crippen LogP contribution in [0.4, 0.5) is 5.69 Å². The Morgan fingerprint density at radius 1 is 1.15 bits per heavy atom. The van der Waals surface area contributed by atoms with Crippen molar-refractivity contribution < 1.29 is 0 Å². The van der Waals surface area contributed by atoms with Gasteiger partial charge in [-0.1, -0.05) is 29.8 Å². The molecule has 0 atom stereocenters. The molecule has 0 radical (unpaired) electrons. The third-order valence-electron chi connectivity index (χ3n) is 4.62. The minimum atomic E-state index is -0.306. The van der Waals surface area contributed by atoms with Crippen molar-refractivity contribution in [2.24, 2.45) is 0 Å². The number of nitrogens with zero attached hydrogens (tertiary/aromatic N) is 6. The maximum Gasteiger partial charge on any atom is 0.292 e. The molecule has 27 heavy (non-hydrogen) atoms. The summed E-state index contributed by atoms with van der Waals surface area (Å²) >= 11 is 6.40. The zero-order valence-electron chi connectivity index (χ0n) is 15.0. The third kappa shape index (κ3) is 3.72. The minimum absolute atomic E-state index is 0.201. The molecule has 4 rings (SSSR count). The Hall–Kier alpha value is -2.71. The normalized spacial score (nSPS) is 15.3. The van der Waals surface area contributed by atoms with Crippen LogP contribution in [0.5, 0.6) is 0 Å². The number of benzene rings is 1.